The van der Waals surface area contributed by atoms with Crippen LogP contribution in [0.2, 0.25) is 5.02 Å². The van der Waals surface area contributed by atoms with Crippen molar-refractivity contribution in [1.82, 2.24) is 14.8 Å². The average Bonchev–Trinajstić information content (AvgIpc) is 3.11. The van der Waals surface area contributed by atoms with Crippen LogP contribution < -0.4 is 5.32 Å². The zero-order valence-electron chi connectivity index (χ0n) is 15.8. The Kier molecular flexibility index (Phi) is 5.07. The van der Waals surface area contributed by atoms with Crippen LogP contribution in [-0.2, 0) is 9.53 Å². The van der Waals surface area contributed by atoms with Gasteiger partial charge in [-0.1, -0.05) is 29.8 Å². The number of fused-ring (bicyclic) bond motifs is 1. The molecule has 29 heavy (non-hydrogen) atoms. The van der Waals surface area contributed by atoms with Crippen molar-refractivity contribution < 1.29 is 13.9 Å². The molecule has 4 rings (SSSR count). The van der Waals surface area contributed by atoms with E-state index in [4.69, 9.17) is 16.3 Å². The number of aromatic nitrogens is 3. The fourth-order valence-electron chi connectivity index (χ4n) is 3.33. The molecule has 0 spiro atoms. The largest absolute Gasteiger partial charge is 0.463 e. The van der Waals surface area contributed by atoms with E-state index < -0.39 is 17.8 Å². The summed E-state index contributed by atoms with van der Waals surface area (Å²) >= 11 is 5.97. The Morgan fingerprint density at radius 2 is 1.97 bits per heavy atom. The molecule has 0 radical (unpaired) electrons. The van der Waals surface area contributed by atoms with Crippen LogP contribution in [0.1, 0.15) is 25.5 Å². The van der Waals surface area contributed by atoms with Crippen molar-refractivity contribution in [2.24, 2.45) is 0 Å². The van der Waals surface area contributed by atoms with E-state index >= 15 is 0 Å². The Bertz CT molecular complexity index is 1110. The van der Waals surface area contributed by atoms with Gasteiger partial charge < -0.3 is 10.1 Å². The number of halogens is 2. The molecule has 8 heteroatoms. The van der Waals surface area contributed by atoms with Crippen molar-refractivity contribution in [3.8, 4) is 11.4 Å². The SMILES string of the molecule is CCOC(=O)C1=C(C)Nc2nc(-c3ccc(Cl)cc3)nn2C1c1ccccc1F. The van der Waals surface area contributed by atoms with Crippen LogP contribution in [-0.4, -0.2) is 27.3 Å². The highest BCUT2D eigenvalue weighted by atomic mass is 35.5. The maximum atomic E-state index is 14.7. The number of esters is 1. The third kappa shape index (κ3) is 3.49. The number of allylic oxidation sites excluding steroid dienone is 1. The second kappa shape index (κ2) is 7.67. The molecule has 6 nitrogen and oxygen atoms in total. The van der Waals surface area contributed by atoms with Gasteiger partial charge in [-0.2, -0.15) is 4.98 Å². The third-order valence-corrected chi connectivity index (χ3v) is 4.90. The van der Waals surface area contributed by atoms with Gasteiger partial charge in [-0.25, -0.2) is 13.9 Å². The molecule has 3 aromatic rings. The van der Waals surface area contributed by atoms with Crippen LogP contribution >= 0.6 is 11.6 Å². The molecule has 1 atom stereocenters. The number of nitrogens with zero attached hydrogens (tertiary/aromatic N) is 3. The number of carbonyl (C=O) groups excluding carboxylic acids is 1. The fraction of sp³-hybridized carbons (Fsp3) is 0.190. The number of benzene rings is 2. The summed E-state index contributed by atoms with van der Waals surface area (Å²) in [7, 11) is 0. The van der Waals surface area contributed by atoms with Gasteiger partial charge >= 0.3 is 5.97 Å². The van der Waals surface area contributed by atoms with Crippen molar-refractivity contribution in [3.63, 3.8) is 0 Å². The Balaban J connectivity index is 1.88. The standard InChI is InChI=1S/C21H18ClFN4O2/c1-3-29-20(28)17-12(2)24-21-25-19(13-8-10-14(22)11-9-13)26-27(21)18(17)15-6-4-5-7-16(15)23/h4-11,18H,3H2,1-2H3,(H,24,25,26). The number of hydrogen-bond donors (Lipinski definition) is 1. The van der Waals surface area contributed by atoms with Crippen LogP contribution in [0.4, 0.5) is 10.3 Å². The molecular weight excluding hydrogens is 395 g/mol. The summed E-state index contributed by atoms with van der Waals surface area (Å²) in [6, 6.07) is 12.6. The number of rotatable bonds is 4. The van der Waals surface area contributed by atoms with Crippen LogP contribution in [0.3, 0.4) is 0 Å². The molecule has 0 amide bonds. The Labute approximate surface area is 172 Å². The molecule has 1 unspecified atom stereocenters. The molecule has 1 aliphatic rings. The lowest BCUT2D eigenvalue weighted by Gasteiger charge is -2.28. The number of carbonyl (C=O) groups is 1. The highest BCUT2D eigenvalue weighted by Crippen LogP contribution is 2.37. The van der Waals surface area contributed by atoms with Gasteiger partial charge in [0.15, 0.2) is 5.82 Å². The lowest BCUT2D eigenvalue weighted by molar-refractivity contribution is -0.139. The molecule has 0 bridgehead atoms. The number of nitrogens with one attached hydrogen (secondary N) is 1. The summed E-state index contributed by atoms with van der Waals surface area (Å²) in [4.78, 5) is 17.2. The lowest BCUT2D eigenvalue weighted by Crippen LogP contribution is -2.30. The van der Waals surface area contributed by atoms with E-state index in [0.29, 0.717) is 28.1 Å². The Hall–Kier alpha value is -3.19. The van der Waals surface area contributed by atoms with Gasteiger partial charge in [0.05, 0.1) is 12.2 Å². The molecule has 2 aromatic carbocycles. The number of hydrogen-bond acceptors (Lipinski definition) is 5. The van der Waals surface area contributed by atoms with Gasteiger partial charge in [-0.15, -0.1) is 5.10 Å². The smallest absolute Gasteiger partial charge is 0.338 e. The van der Waals surface area contributed by atoms with Crippen LogP contribution in [0.5, 0.6) is 0 Å². The second-order valence-corrected chi connectivity index (χ2v) is 6.96. The highest BCUT2D eigenvalue weighted by molar-refractivity contribution is 6.30. The first-order valence-corrected chi connectivity index (χ1v) is 9.49. The molecule has 0 saturated heterocycles. The van der Waals surface area contributed by atoms with E-state index in [2.05, 4.69) is 15.4 Å². The highest BCUT2D eigenvalue weighted by Gasteiger charge is 2.36. The van der Waals surface area contributed by atoms with Gasteiger partial charge in [0.1, 0.15) is 11.9 Å². The maximum Gasteiger partial charge on any atom is 0.338 e. The van der Waals surface area contributed by atoms with Crippen molar-refractivity contribution in [1.29, 1.82) is 0 Å². The van der Waals surface area contributed by atoms with Crippen LogP contribution in [0.25, 0.3) is 11.4 Å². The summed E-state index contributed by atoms with van der Waals surface area (Å²) in [5, 5.41) is 8.26. The first-order valence-electron chi connectivity index (χ1n) is 9.11. The third-order valence-electron chi connectivity index (χ3n) is 4.65. The molecule has 1 aliphatic heterocycles. The topological polar surface area (TPSA) is 69.0 Å². The van der Waals surface area contributed by atoms with Gasteiger partial charge in [0.2, 0.25) is 5.95 Å². The van der Waals surface area contributed by atoms with Crippen LogP contribution in [0, 0.1) is 5.82 Å². The zero-order chi connectivity index (χ0) is 20.5. The quantitative estimate of drug-likeness (QED) is 0.635. The Morgan fingerprint density at radius 1 is 1.24 bits per heavy atom. The molecule has 1 aromatic heterocycles. The number of anilines is 1. The maximum absolute atomic E-state index is 14.7. The van der Waals surface area contributed by atoms with E-state index in [1.165, 1.54) is 10.7 Å². The van der Waals surface area contributed by atoms with Crippen molar-refractivity contribution in [3.05, 3.63) is 76.2 Å². The van der Waals surface area contributed by atoms with E-state index in [-0.39, 0.29) is 12.2 Å². The predicted molar refractivity (Wildman–Crippen MR) is 108 cm³/mol. The normalized spacial score (nSPS) is 15.7. The summed E-state index contributed by atoms with van der Waals surface area (Å²) in [5.41, 5.74) is 1.89. The molecular formula is C21H18ClFN4O2. The first kappa shape index (κ1) is 19.1. The molecule has 1 N–H and O–H groups in total. The summed E-state index contributed by atoms with van der Waals surface area (Å²) in [6.07, 6.45) is 0. The number of ether oxygens (including phenoxy) is 1. The van der Waals surface area contributed by atoms with E-state index in [9.17, 15) is 9.18 Å². The first-order chi connectivity index (χ1) is 14.0. The minimum Gasteiger partial charge on any atom is -0.463 e. The summed E-state index contributed by atoms with van der Waals surface area (Å²) < 4.78 is 21.5. The molecule has 2 heterocycles. The van der Waals surface area contributed by atoms with Gasteiger partial charge in [-0.05, 0) is 44.2 Å². The van der Waals surface area contributed by atoms with Crippen LogP contribution in [0.15, 0.2) is 59.8 Å². The molecule has 0 fully saturated rings. The van der Waals surface area contributed by atoms with Crippen molar-refractivity contribution >= 4 is 23.5 Å². The average molecular weight is 413 g/mol. The molecule has 0 aliphatic carbocycles. The van der Waals surface area contributed by atoms with Gasteiger partial charge in [0.25, 0.3) is 0 Å². The fourth-order valence-corrected chi connectivity index (χ4v) is 3.46. The van der Waals surface area contributed by atoms with E-state index in [1.54, 1.807) is 56.3 Å². The van der Waals surface area contributed by atoms with Crippen molar-refractivity contribution in [2.45, 2.75) is 19.9 Å². The Morgan fingerprint density at radius 3 is 2.66 bits per heavy atom. The van der Waals surface area contributed by atoms with Gasteiger partial charge in [0, 0.05) is 21.8 Å². The van der Waals surface area contributed by atoms with E-state index in [1.807, 2.05) is 0 Å². The molecule has 148 valence electrons. The minimum absolute atomic E-state index is 0.208. The lowest BCUT2D eigenvalue weighted by atomic mass is 9.95. The summed E-state index contributed by atoms with van der Waals surface area (Å²) in [6.45, 7) is 3.67. The van der Waals surface area contributed by atoms with Crippen molar-refractivity contribution in [2.75, 3.05) is 11.9 Å². The monoisotopic (exact) mass is 412 g/mol. The van der Waals surface area contributed by atoms with E-state index in [0.717, 1.165) is 5.56 Å². The summed E-state index contributed by atoms with van der Waals surface area (Å²) in [5.74, 6) is -0.124. The second-order valence-electron chi connectivity index (χ2n) is 6.52. The minimum atomic E-state index is -0.806. The van der Waals surface area contributed by atoms with Gasteiger partial charge in [-0.3, -0.25) is 0 Å². The molecule has 0 saturated carbocycles. The predicted octanol–water partition coefficient (Wildman–Crippen LogP) is 4.59. The zero-order valence-corrected chi connectivity index (χ0v) is 16.6.